The molecule has 0 spiro atoms. The maximum atomic E-state index is 12.9. The van der Waals surface area contributed by atoms with Gasteiger partial charge in [-0.3, -0.25) is 16.0 Å². The Bertz CT molecular complexity index is 1210. The summed E-state index contributed by atoms with van der Waals surface area (Å²) in [5, 5.41) is 0. The second kappa shape index (κ2) is 14.5. The van der Waals surface area contributed by atoms with Gasteiger partial charge in [-0.05, 0) is 42.3 Å². The molecule has 1 saturated heterocycles. The molecule has 216 valence electrons. The number of ether oxygens (including phenoxy) is 4. The standard InChI is InChI=1S/C29H36N4O6.ClH/c1-3-17-37-29(35)32-15-12-24(13-16-32)38-23-8-6-21(7-9-23)26(27(34)36-4-2)39-25-10-5-20-11-14-33(28(30)31)19-22(20)18-25;/h3,5-10,18,24,26H,1,4,11-17,19H2,2H3,(H3,30,31);1H. The first-order chi connectivity index (χ1) is 18.9. The van der Waals surface area contributed by atoms with Gasteiger partial charge in [0, 0.05) is 37.9 Å². The van der Waals surface area contributed by atoms with Gasteiger partial charge in [0.2, 0.25) is 6.10 Å². The topological polar surface area (TPSA) is 129 Å². The molecule has 2 aromatic carbocycles. The van der Waals surface area contributed by atoms with Crippen LogP contribution in [0, 0.1) is 0 Å². The predicted molar refractivity (Wildman–Crippen MR) is 146 cm³/mol. The molecular weight excluding hydrogens is 536 g/mol. The van der Waals surface area contributed by atoms with Crippen LogP contribution in [0.3, 0.4) is 0 Å². The smallest absolute Gasteiger partial charge is 0.410 e. The third kappa shape index (κ3) is 7.81. The number of nitrogens with two attached hydrogens (primary N) is 2. The summed E-state index contributed by atoms with van der Waals surface area (Å²) in [5.74, 6) is 1.05. The number of hydrogen-bond acceptors (Lipinski definition) is 6. The summed E-state index contributed by atoms with van der Waals surface area (Å²) < 4.78 is 24.6. The summed E-state index contributed by atoms with van der Waals surface area (Å²) in [6.45, 7) is 8.23. The molecule has 0 bridgehead atoms. The van der Waals surface area contributed by atoms with E-state index in [2.05, 4.69) is 6.58 Å². The van der Waals surface area contributed by atoms with Crippen molar-refractivity contribution in [1.82, 2.24) is 4.90 Å². The van der Waals surface area contributed by atoms with Crippen LogP contribution in [0.25, 0.3) is 0 Å². The largest absolute Gasteiger partial charge is 1.00 e. The number of esters is 1. The van der Waals surface area contributed by atoms with Gasteiger partial charge in [0.05, 0.1) is 19.7 Å². The van der Waals surface area contributed by atoms with Crippen LogP contribution >= 0.6 is 0 Å². The van der Waals surface area contributed by atoms with E-state index in [4.69, 9.17) is 30.4 Å². The van der Waals surface area contributed by atoms with Crippen molar-refractivity contribution in [3.8, 4) is 11.5 Å². The zero-order chi connectivity index (χ0) is 27.8. The summed E-state index contributed by atoms with van der Waals surface area (Å²) in [6, 6.07) is 13.1. The number of guanidine groups is 1. The molecule has 2 aliphatic rings. The van der Waals surface area contributed by atoms with E-state index in [1.807, 2.05) is 47.0 Å². The molecule has 2 heterocycles. The number of benzene rings is 2. The summed E-state index contributed by atoms with van der Waals surface area (Å²) in [7, 11) is 0. The van der Waals surface area contributed by atoms with Gasteiger partial charge >= 0.3 is 18.0 Å². The molecule has 0 radical (unpaired) electrons. The van der Waals surface area contributed by atoms with E-state index in [9.17, 15) is 9.59 Å². The normalized spacial score (nSPS) is 15.6. The van der Waals surface area contributed by atoms with Crippen LogP contribution in [0.4, 0.5) is 4.79 Å². The lowest BCUT2D eigenvalue weighted by molar-refractivity contribution is -0.549. The number of likely N-dealkylation sites (tertiary alicyclic amines) is 1. The Kier molecular flexibility index (Phi) is 11.1. The van der Waals surface area contributed by atoms with Crippen molar-refractivity contribution in [2.75, 3.05) is 32.8 Å². The van der Waals surface area contributed by atoms with Crippen LogP contribution in [-0.2, 0) is 27.2 Å². The van der Waals surface area contributed by atoms with Crippen LogP contribution in [0.15, 0.2) is 55.1 Å². The Morgan fingerprint density at radius 2 is 1.77 bits per heavy atom. The van der Waals surface area contributed by atoms with Crippen molar-refractivity contribution in [3.63, 3.8) is 0 Å². The number of carbonyl (C=O) groups is 2. The number of halogens is 1. The number of piperidine rings is 1. The molecule has 0 aromatic heterocycles. The molecule has 11 heteroatoms. The van der Waals surface area contributed by atoms with Gasteiger partial charge in [-0.25, -0.2) is 9.59 Å². The Labute approximate surface area is 240 Å². The first kappa shape index (κ1) is 30.6. The van der Waals surface area contributed by atoms with Crippen LogP contribution < -0.4 is 33.3 Å². The highest BCUT2D eigenvalue weighted by atomic mass is 35.5. The minimum atomic E-state index is -0.937. The fourth-order valence-corrected chi connectivity index (χ4v) is 4.72. The summed E-state index contributed by atoms with van der Waals surface area (Å²) in [6.07, 6.45) is 2.48. The van der Waals surface area contributed by atoms with E-state index in [1.165, 1.54) is 5.56 Å². The fourth-order valence-electron chi connectivity index (χ4n) is 4.72. The van der Waals surface area contributed by atoms with Crippen molar-refractivity contribution in [1.29, 1.82) is 0 Å². The first-order valence-electron chi connectivity index (χ1n) is 13.2. The Hall–Kier alpha value is -3.92. The van der Waals surface area contributed by atoms with E-state index in [1.54, 1.807) is 17.9 Å². The summed E-state index contributed by atoms with van der Waals surface area (Å²) in [4.78, 5) is 26.6. The molecule has 4 rings (SSSR count). The van der Waals surface area contributed by atoms with Crippen molar-refractivity contribution >= 4 is 18.0 Å². The molecule has 2 aromatic rings. The number of rotatable bonds is 9. The van der Waals surface area contributed by atoms with Gasteiger partial charge in [-0.15, -0.1) is 0 Å². The van der Waals surface area contributed by atoms with Crippen molar-refractivity contribution in [3.05, 3.63) is 71.8 Å². The van der Waals surface area contributed by atoms with Crippen molar-refractivity contribution in [2.45, 2.75) is 44.9 Å². The van der Waals surface area contributed by atoms with Gasteiger partial charge in [-0.1, -0.05) is 30.9 Å². The highest BCUT2D eigenvalue weighted by Crippen LogP contribution is 2.29. The lowest BCUT2D eigenvalue weighted by Gasteiger charge is -2.31. The SMILES string of the molecule is C=CCOC(=O)N1CCC(Oc2ccc(C(Oc3ccc4c(c3)C[N+](=C(N)N)CC4)C(=O)OCC)cc2)CC1.[Cl-]. The lowest BCUT2D eigenvalue weighted by atomic mass is 10.0. The molecule has 0 aliphatic carbocycles. The van der Waals surface area contributed by atoms with E-state index in [0.29, 0.717) is 49.5 Å². The highest BCUT2D eigenvalue weighted by molar-refractivity contribution is 5.77. The summed E-state index contributed by atoms with van der Waals surface area (Å²) >= 11 is 0. The van der Waals surface area contributed by atoms with Crippen molar-refractivity contribution < 1.29 is 45.5 Å². The maximum absolute atomic E-state index is 12.9. The Morgan fingerprint density at radius 3 is 2.42 bits per heavy atom. The number of nitrogens with zero attached hydrogens (tertiary/aromatic N) is 2. The number of hydrogen-bond donors (Lipinski definition) is 2. The van der Waals surface area contributed by atoms with E-state index in [0.717, 1.165) is 18.5 Å². The summed E-state index contributed by atoms with van der Waals surface area (Å²) in [5.41, 5.74) is 14.5. The van der Waals surface area contributed by atoms with E-state index < -0.39 is 12.1 Å². The van der Waals surface area contributed by atoms with Gasteiger partial charge in [0.25, 0.3) is 0 Å². The number of carbonyl (C=O) groups excluding carboxylic acids is 2. The monoisotopic (exact) mass is 572 g/mol. The zero-order valence-corrected chi connectivity index (χ0v) is 23.5. The van der Waals surface area contributed by atoms with Gasteiger partial charge in [0.1, 0.15) is 24.2 Å². The van der Waals surface area contributed by atoms with Gasteiger partial charge in [0.15, 0.2) is 0 Å². The third-order valence-corrected chi connectivity index (χ3v) is 6.82. The minimum Gasteiger partial charge on any atom is -1.00 e. The molecule has 1 unspecified atom stereocenters. The Morgan fingerprint density at radius 1 is 1.07 bits per heavy atom. The third-order valence-electron chi connectivity index (χ3n) is 6.82. The number of fused-ring (bicyclic) bond motifs is 1. The molecular formula is C29H37ClN4O6. The predicted octanol–water partition coefficient (Wildman–Crippen LogP) is -0.118. The first-order valence-corrected chi connectivity index (χ1v) is 13.2. The van der Waals surface area contributed by atoms with Crippen LogP contribution in [0.2, 0.25) is 0 Å². The van der Waals surface area contributed by atoms with Crippen LogP contribution in [-0.4, -0.2) is 66.4 Å². The van der Waals surface area contributed by atoms with Gasteiger partial charge < -0.3 is 36.3 Å². The molecule has 40 heavy (non-hydrogen) atoms. The molecule has 0 saturated carbocycles. The molecule has 2 aliphatic heterocycles. The average molecular weight is 573 g/mol. The minimum absolute atomic E-state index is 0. The quantitative estimate of drug-likeness (QED) is 0.184. The average Bonchev–Trinajstić information content (AvgIpc) is 2.95. The molecule has 1 atom stereocenters. The lowest BCUT2D eigenvalue weighted by Crippen LogP contribution is -3.00. The van der Waals surface area contributed by atoms with E-state index in [-0.39, 0.29) is 43.8 Å². The second-order valence-corrected chi connectivity index (χ2v) is 9.52. The van der Waals surface area contributed by atoms with E-state index >= 15 is 0 Å². The molecule has 1 amide bonds. The van der Waals surface area contributed by atoms with Crippen LogP contribution in [0.5, 0.6) is 11.5 Å². The molecule has 10 nitrogen and oxygen atoms in total. The van der Waals surface area contributed by atoms with Gasteiger partial charge in [-0.2, -0.15) is 0 Å². The van der Waals surface area contributed by atoms with Crippen LogP contribution in [0.1, 0.15) is 42.6 Å². The fraction of sp³-hybridized carbons (Fsp3) is 0.414. The Balaban J connectivity index is 0.00000441. The highest BCUT2D eigenvalue weighted by Gasteiger charge is 2.27. The molecule has 1 fully saturated rings. The number of amides is 1. The maximum Gasteiger partial charge on any atom is 0.410 e. The molecule has 4 N–H and O–H groups in total. The second-order valence-electron chi connectivity index (χ2n) is 9.52. The van der Waals surface area contributed by atoms with Crippen molar-refractivity contribution in [2.24, 2.45) is 11.5 Å². The zero-order valence-electron chi connectivity index (χ0n) is 22.7.